The highest BCUT2D eigenvalue weighted by Gasteiger charge is 2.55. The number of rotatable bonds is 4. The fraction of sp³-hybridized carbons (Fsp3) is 0.944. The molecule has 5 nitrogen and oxygen atoms in total. The maximum Gasteiger partial charge on any atom is 0.228 e. The first kappa shape index (κ1) is 16.8. The van der Waals surface area contributed by atoms with Crippen molar-refractivity contribution < 1.29 is 13.2 Å². The Kier molecular flexibility index (Phi) is 4.19. The van der Waals surface area contributed by atoms with E-state index < -0.39 is 10.0 Å². The van der Waals surface area contributed by atoms with Gasteiger partial charge in [0, 0.05) is 26.2 Å². The molecule has 1 saturated heterocycles. The standard InChI is InChI=1S/C18H30N2O3S/c1-2-7-24(22,23)20-5-3-19(4-6-20)17(21)18-11-14-8-15(12-18)10-16(9-14)13-18/h14-16H,2-13H2,1H3. The van der Waals surface area contributed by atoms with E-state index in [4.69, 9.17) is 0 Å². The van der Waals surface area contributed by atoms with Gasteiger partial charge >= 0.3 is 0 Å². The third kappa shape index (κ3) is 2.79. The van der Waals surface area contributed by atoms with Crippen LogP contribution in [0.5, 0.6) is 0 Å². The summed E-state index contributed by atoms with van der Waals surface area (Å²) >= 11 is 0. The van der Waals surface area contributed by atoms with E-state index in [-0.39, 0.29) is 11.2 Å². The molecule has 0 unspecified atom stereocenters. The summed E-state index contributed by atoms with van der Waals surface area (Å²) in [4.78, 5) is 15.3. The number of sulfonamides is 1. The number of hydrogen-bond donors (Lipinski definition) is 0. The molecule has 0 atom stereocenters. The van der Waals surface area contributed by atoms with E-state index >= 15 is 0 Å². The van der Waals surface area contributed by atoms with Gasteiger partial charge in [-0.05, 0) is 62.7 Å². The summed E-state index contributed by atoms with van der Waals surface area (Å²) in [5.41, 5.74) is -0.0980. The van der Waals surface area contributed by atoms with Crippen LogP contribution in [0.3, 0.4) is 0 Å². The van der Waals surface area contributed by atoms with Crippen LogP contribution in [0.1, 0.15) is 51.9 Å². The molecular weight excluding hydrogens is 324 g/mol. The van der Waals surface area contributed by atoms with Crippen LogP contribution < -0.4 is 0 Å². The van der Waals surface area contributed by atoms with Crippen LogP contribution >= 0.6 is 0 Å². The van der Waals surface area contributed by atoms with Crippen molar-refractivity contribution in [3.63, 3.8) is 0 Å². The second-order valence-electron chi connectivity index (χ2n) is 8.71. The SMILES string of the molecule is CCCS(=O)(=O)N1CCN(C(=O)C23CC4CC(CC(C4)C2)C3)CC1. The zero-order valence-corrected chi connectivity index (χ0v) is 15.6. The average molecular weight is 355 g/mol. The van der Waals surface area contributed by atoms with Crippen molar-refractivity contribution in [2.75, 3.05) is 31.9 Å². The van der Waals surface area contributed by atoms with Gasteiger partial charge in [-0.15, -0.1) is 0 Å². The van der Waals surface area contributed by atoms with E-state index in [0.717, 1.165) is 37.0 Å². The van der Waals surface area contributed by atoms with Crippen LogP contribution in [0.4, 0.5) is 0 Å². The maximum atomic E-state index is 13.3. The van der Waals surface area contributed by atoms with Crippen molar-refractivity contribution in [1.82, 2.24) is 9.21 Å². The molecule has 5 aliphatic rings. The first-order chi connectivity index (χ1) is 11.4. The van der Waals surface area contributed by atoms with Gasteiger partial charge in [0.1, 0.15) is 0 Å². The first-order valence-electron chi connectivity index (χ1n) is 9.69. The number of piperazine rings is 1. The van der Waals surface area contributed by atoms with E-state index in [1.165, 1.54) is 19.3 Å². The number of amides is 1. The summed E-state index contributed by atoms with van der Waals surface area (Å²) in [5, 5.41) is 0. The predicted octanol–water partition coefficient (Wildman–Crippen LogP) is 2.09. The highest BCUT2D eigenvalue weighted by Crippen LogP contribution is 2.60. The third-order valence-electron chi connectivity index (χ3n) is 6.87. The summed E-state index contributed by atoms with van der Waals surface area (Å²) in [5.74, 6) is 2.87. The van der Waals surface area contributed by atoms with Gasteiger partial charge in [-0.2, -0.15) is 4.31 Å². The Hall–Kier alpha value is -0.620. The minimum absolute atomic E-state index is 0.0980. The Bertz CT molecular complexity index is 572. The summed E-state index contributed by atoms with van der Waals surface area (Å²) < 4.78 is 26.0. The lowest BCUT2D eigenvalue weighted by molar-refractivity contribution is -0.158. The molecule has 0 N–H and O–H groups in total. The Morgan fingerprint density at radius 2 is 1.46 bits per heavy atom. The largest absolute Gasteiger partial charge is 0.340 e. The lowest BCUT2D eigenvalue weighted by atomic mass is 9.49. The van der Waals surface area contributed by atoms with Gasteiger partial charge < -0.3 is 4.90 Å². The predicted molar refractivity (Wildman–Crippen MR) is 92.8 cm³/mol. The molecule has 24 heavy (non-hydrogen) atoms. The highest BCUT2D eigenvalue weighted by molar-refractivity contribution is 7.89. The van der Waals surface area contributed by atoms with Gasteiger partial charge in [-0.1, -0.05) is 6.92 Å². The molecular formula is C18H30N2O3S. The molecule has 136 valence electrons. The van der Waals surface area contributed by atoms with Crippen LogP contribution in [-0.2, 0) is 14.8 Å². The number of carbonyl (C=O) groups excluding carboxylic acids is 1. The van der Waals surface area contributed by atoms with Crippen molar-refractivity contribution >= 4 is 15.9 Å². The lowest BCUT2D eigenvalue weighted by Gasteiger charge is -2.57. The fourth-order valence-electron chi connectivity index (χ4n) is 6.26. The normalized spacial score (nSPS) is 39.4. The molecule has 1 amide bonds. The van der Waals surface area contributed by atoms with Gasteiger partial charge in [0.15, 0.2) is 0 Å². The van der Waals surface area contributed by atoms with Crippen molar-refractivity contribution in [1.29, 1.82) is 0 Å². The Morgan fingerprint density at radius 1 is 0.958 bits per heavy atom. The van der Waals surface area contributed by atoms with Crippen molar-refractivity contribution in [3.05, 3.63) is 0 Å². The average Bonchev–Trinajstić information content (AvgIpc) is 2.53. The molecule has 0 aromatic rings. The zero-order chi connectivity index (χ0) is 16.9. The summed E-state index contributed by atoms with van der Waals surface area (Å²) in [6, 6.07) is 0. The zero-order valence-electron chi connectivity index (χ0n) is 14.7. The van der Waals surface area contributed by atoms with Gasteiger partial charge in [0.25, 0.3) is 0 Å². The molecule has 4 saturated carbocycles. The van der Waals surface area contributed by atoms with Crippen LogP contribution in [0.15, 0.2) is 0 Å². The molecule has 1 heterocycles. The van der Waals surface area contributed by atoms with E-state index in [0.29, 0.717) is 38.5 Å². The molecule has 0 radical (unpaired) electrons. The molecule has 5 fully saturated rings. The van der Waals surface area contributed by atoms with E-state index in [1.807, 2.05) is 11.8 Å². The summed E-state index contributed by atoms with van der Waals surface area (Å²) in [6.07, 6.45) is 7.94. The second kappa shape index (κ2) is 5.97. The van der Waals surface area contributed by atoms with E-state index in [2.05, 4.69) is 0 Å². The lowest BCUT2D eigenvalue weighted by Crippen LogP contribution is -2.58. The van der Waals surface area contributed by atoms with Crippen LogP contribution in [0.2, 0.25) is 0 Å². The van der Waals surface area contributed by atoms with Crippen LogP contribution in [-0.4, -0.2) is 55.5 Å². The highest BCUT2D eigenvalue weighted by atomic mass is 32.2. The molecule has 0 aromatic carbocycles. The van der Waals surface area contributed by atoms with Gasteiger partial charge in [0.05, 0.1) is 11.2 Å². The Labute approximate surface area is 145 Å². The van der Waals surface area contributed by atoms with Crippen molar-refractivity contribution in [2.45, 2.75) is 51.9 Å². The quantitative estimate of drug-likeness (QED) is 0.777. The second-order valence-corrected chi connectivity index (χ2v) is 10.8. The number of nitrogens with zero attached hydrogens (tertiary/aromatic N) is 2. The maximum absolute atomic E-state index is 13.3. The topological polar surface area (TPSA) is 57.7 Å². The molecule has 1 aliphatic heterocycles. The number of carbonyl (C=O) groups is 1. The molecule has 5 rings (SSSR count). The van der Waals surface area contributed by atoms with Gasteiger partial charge in [-0.25, -0.2) is 8.42 Å². The Morgan fingerprint density at radius 3 is 1.92 bits per heavy atom. The minimum atomic E-state index is -3.13. The van der Waals surface area contributed by atoms with Crippen molar-refractivity contribution in [2.24, 2.45) is 23.2 Å². The molecule has 6 heteroatoms. The first-order valence-corrected chi connectivity index (χ1v) is 11.3. The summed E-state index contributed by atoms with van der Waals surface area (Å²) in [6.45, 7) is 3.98. The third-order valence-corrected chi connectivity index (χ3v) is 8.95. The molecule has 0 spiro atoms. The number of hydrogen-bond acceptors (Lipinski definition) is 3. The van der Waals surface area contributed by atoms with Crippen LogP contribution in [0.25, 0.3) is 0 Å². The van der Waals surface area contributed by atoms with Gasteiger partial charge in [-0.3, -0.25) is 4.79 Å². The molecule has 4 aliphatic carbocycles. The Balaban J connectivity index is 1.42. The summed E-state index contributed by atoms with van der Waals surface area (Å²) in [7, 11) is -3.13. The monoisotopic (exact) mass is 354 g/mol. The smallest absolute Gasteiger partial charge is 0.228 e. The van der Waals surface area contributed by atoms with Gasteiger partial charge in [0.2, 0.25) is 15.9 Å². The van der Waals surface area contributed by atoms with E-state index in [1.54, 1.807) is 4.31 Å². The van der Waals surface area contributed by atoms with Crippen molar-refractivity contribution in [3.8, 4) is 0 Å². The fourth-order valence-corrected chi connectivity index (χ4v) is 7.76. The van der Waals surface area contributed by atoms with E-state index in [9.17, 15) is 13.2 Å². The molecule has 4 bridgehead atoms. The molecule has 0 aromatic heterocycles. The van der Waals surface area contributed by atoms with Crippen LogP contribution in [0, 0.1) is 23.2 Å². The minimum Gasteiger partial charge on any atom is -0.340 e.